The highest BCUT2D eigenvalue weighted by Gasteiger charge is 2.31. The third-order valence-electron chi connectivity index (χ3n) is 3.38. The summed E-state index contributed by atoms with van der Waals surface area (Å²) >= 11 is 0. The highest BCUT2D eigenvalue weighted by Crippen LogP contribution is 2.37. The number of hydrazine groups is 1. The summed E-state index contributed by atoms with van der Waals surface area (Å²) in [6.07, 6.45) is 3.10. The van der Waals surface area contributed by atoms with Gasteiger partial charge in [0.1, 0.15) is 6.54 Å². The Morgan fingerprint density at radius 2 is 2.17 bits per heavy atom. The van der Waals surface area contributed by atoms with E-state index >= 15 is 0 Å². The summed E-state index contributed by atoms with van der Waals surface area (Å²) in [5, 5.41) is 0. The predicted octanol–water partition coefficient (Wildman–Crippen LogP) is 0.420. The lowest BCUT2D eigenvalue weighted by Gasteiger charge is -2.30. The quantitative estimate of drug-likeness (QED) is 0.247. The van der Waals surface area contributed by atoms with Gasteiger partial charge in [-0.05, 0) is 24.3 Å². The minimum atomic E-state index is -0.509. The Bertz CT molecular complexity index is 820. The van der Waals surface area contributed by atoms with Crippen molar-refractivity contribution in [3.8, 4) is 5.75 Å². The van der Waals surface area contributed by atoms with E-state index in [1.807, 2.05) is 5.43 Å². The monoisotopic (exact) mass is 325 g/mol. The predicted molar refractivity (Wildman–Crippen MR) is 88.4 cm³/mol. The second kappa shape index (κ2) is 6.39. The fraction of sp³-hybridized carbons (Fsp3) is 0.0625. The highest BCUT2D eigenvalue weighted by atomic mass is 16.5. The van der Waals surface area contributed by atoms with Gasteiger partial charge in [-0.3, -0.25) is 24.9 Å². The number of amides is 2. The molecular weight excluding hydrogens is 310 g/mol. The Balaban J connectivity index is 2.04. The van der Waals surface area contributed by atoms with Crippen LogP contribution in [0.15, 0.2) is 48.4 Å². The Hall–Kier alpha value is -3.39. The van der Waals surface area contributed by atoms with Gasteiger partial charge in [0, 0.05) is 24.0 Å². The van der Waals surface area contributed by atoms with Gasteiger partial charge in [-0.1, -0.05) is 6.07 Å². The van der Waals surface area contributed by atoms with E-state index in [4.69, 9.17) is 16.3 Å². The molecule has 2 aromatic rings. The number of nitrogens with one attached hydrogen (secondary N) is 1. The van der Waals surface area contributed by atoms with Crippen molar-refractivity contribution in [1.29, 1.82) is 0 Å². The maximum absolute atomic E-state index is 12.7. The fourth-order valence-corrected chi connectivity index (χ4v) is 2.27. The highest BCUT2D eigenvalue weighted by molar-refractivity contribution is 6.12. The van der Waals surface area contributed by atoms with Crippen molar-refractivity contribution < 1.29 is 14.3 Å². The van der Waals surface area contributed by atoms with Crippen molar-refractivity contribution in [1.82, 2.24) is 10.4 Å². The van der Waals surface area contributed by atoms with E-state index in [9.17, 15) is 9.59 Å². The number of nitrogens with zero attached hydrogens (tertiary/aromatic N) is 2. The molecule has 1 aliphatic rings. The zero-order chi connectivity index (χ0) is 17.1. The summed E-state index contributed by atoms with van der Waals surface area (Å²) in [7, 11) is 0. The number of aromatic nitrogens is 1. The van der Waals surface area contributed by atoms with Gasteiger partial charge in [-0.25, -0.2) is 5.84 Å². The Labute approximate surface area is 137 Å². The van der Waals surface area contributed by atoms with Gasteiger partial charge in [0.15, 0.2) is 11.5 Å². The number of pyridine rings is 1. The minimum absolute atomic E-state index is 0.0385. The summed E-state index contributed by atoms with van der Waals surface area (Å²) in [5.74, 6) is 4.56. The summed E-state index contributed by atoms with van der Waals surface area (Å²) in [6, 6.07) is 10.1. The fourth-order valence-electron chi connectivity index (χ4n) is 2.27. The molecule has 8 nitrogen and oxygen atoms in total. The number of nitrogens with two attached hydrogens (primary N) is 2. The number of benzene rings is 1. The molecule has 0 unspecified atom stereocenters. The average Bonchev–Trinajstić information content (AvgIpc) is 2.59. The Kier molecular flexibility index (Phi) is 4.13. The molecule has 24 heavy (non-hydrogen) atoms. The molecule has 0 spiro atoms. The number of ether oxygens (including phenoxy) is 1. The van der Waals surface area contributed by atoms with Crippen molar-refractivity contribution >= 4 is 29.3 Å². The number of carbonyl (C=O) groups is 2. The molecule has 1 aliphatic heterocycles. The smallest absolute Gasteiger partial charge is 0.294 e. The summed E-state index contributed by atoms with van der Waals surface area (Å²) in [4.78, 5) is 29.7. The molecule has 122 valence electrons. The number of hydrogen-bond acceptors (Lipinski definition) is 6. The first-order valence-electron chi connectivity index (χ1n) is 7.10. The molecule has 1 aromatic carbocycles. The average molecular weight is 325 g/mol. The maximum atomic E-state index is 12.7. The molecule has 5 N–H and O–H groups in total. The molecule has 2 heterocycles. The molecule has 0 bridgehead atoms. The van der Waals surface area contributed by atoms with Crippen LogP contribution in [0.25, 0.3) is 6.08 Å². The molecule has 0 radical (unpaired) electrons. The van der Waals surface area contributed by atoms with Crippen LogP contribution in [0.2, 0.25) is 0 Å². The first-order valence-corrected chi connectivity index (χ1v) is 7.10. The van der Waals surface area contributed by atoms with Crippen molar-refractivity contribution in [3.05, 3.63) is 54.0 Å². The normalized spacial score (nSPS) is 15.0. The second-order valence-electron chi connectivity index (χ2n) is 5.05. The van der Waals surface area contributed by atoms with Gasteiger partial charge in [-0.15, -0.1) is 0 Å². The second-order valence-corrected chi connectivity index (χ2v) is 5.05. The molecule has 0 saturated carbocycles. The van der Waals surface area contributed by atoms with Crippen LogP contribution in [0, 0.1) is 0 Å². The zero-order valence-corrected chi connectivity index (χ0v) is 12.6. The van der Waals surface area contributed by atoms with Crippen LogP contribution in [-0.4, -0.2) is 23.3 Å². The van der Waals surface area contributed by atoms with E-state index in [2.05, 4.69) is 4.98 Å². The van der Waals surface area contributed by atoms with Crippen LogP contribution in [0.1, 0.15) is 5.69 Å². The third-order valence-corrected chi connectivity index (χ3v) is 3.38. The van der Waals surface area contributed by atoms with E-state index < -0.39 is 11.8 Å². The van der Waals surface area contributed by atoms with Gasteiger partial charge in [-0.2, -0.15) is 0 Å². The van der Waals surface area contributed by atoms with Gasteiger partial charge in [0.2, 0.25) is 0 Å². The van der Waals surface area contributed by atoms with Crippen molar-refractivity contribution in [2.45, 2.75) is 0 Å². The van der Waals surface area contributed by atoms with Crippen molar-refractivity contribution in [3.63, 3.8) is 0 Å². The first-order chi connectivity index (χ1) is 11.6. The Morgan fingerprint density at radius 3 is 2.88 bits per heavy atom. The number of anilines is 2. The number of fused-ring (bicyclic) bond motifs is 1. The minimum Gasteiger partial charge on any atom is -0.449 e. The molecule has 3 rings (SSSR count). The van der Waals surface area contributed by atoms with Gasteiger partial charge >= 0.3 is 0 Å². The molecule has 2 amide bonds. The summed E-state index contributed by atoms with van der Waals surface area (Å²) in [5.41, 5.74) is 9.25. The van der Waals surface area contributed by atoms with Gasteiger partial charge in [0.05, 0.1) is 11.4 Å². The first kappa shape index (κ1) is 15.5. The van der Waals surface area contributed by atoms with E-state index in [-0.39, 0.29) is 12.3 Å². The molecule has 0 saturated heterocycles. The van der Waals surface area contributed by atoms with E-state index in [1.165, 1.54) is 11.0 Å². The van der Waals surface area contributed by atoms with Gasteiger partial charge in [0.25, 0.3) is 11.8 Å². The number of nitrogen functional groups attached to an aromatic ring is 1. The molecule has 0 atom stereocenters. The number of hydrogen-bond donors (Lipinski definition) is 3. The van der Waals surface area contributed by atoms with Crippen LogP contribution >= 0.6 is 0 Å². The summed E-state index contributed by atoms with van der Waals surface area (Å²) in [6.45, 7) is -0.241. The maximum Gasteiger partial charge on any atom is 0.294 e. The Morgan fingerprint density at radius 1 is 1.33 bits per heavy atom. The third kappa shape index (κ3) is 3.03. The van der Waals surface area contributed by atoms with Crippen LogP contribution in [0.3, 0.4) is 0 Å². The SMILES string of the molecule is NNC(=O)CN1C(=O)/C(=C\c2ccccn2)Oc2cc(N)ccc21. The molecule has 0 aliphatic carbocycles. The van der Waals surface area contributed by atoms with E-state index in [1.54, 1.807) is 42.6 Å². The molecule has 0 fully saturated rings. The number of carbonyl (C=O) groups excluding carboxylic acids is 2. The largest absolute Gasteiger partial charge is 0.449 e. The van der Waals surface area contributed by atoms with Crippen LogP contribution in [0.4, 0.5) is 11.4 Å². The standard InChI is InChI=1S/C16H15N5O3/c17-10-4-5-12-13(7-10)24-14(8-11-3-1-2-6-19-11)16(23)21(12)9-15(22)20-18/h1-8H,9,17-18H2,(H,20,22)/b14-8+. The topological polar surface area (TPSA) is 124 Å². The van der Waals surface area contributed by atoms with Crippen molar-refractivity contribution in [2.75, 3.05) is 17.2 Å². The van der Waals surface area contributed by atoms with Crippen LogP contribution in [-0.2, 0) is 9.59 Å². The van der Waals surface area contributed by atoms with Crippen LogP contribution in [0.5, 0.6) is 5.75 Å². The van der Waals surface area contributed by atoms with Crippen LogP contribution < -0.4 is 26.6 Å². The van der Waals surface area contributed by atoms with E-state index in [0.29, 0.717) is 22.8 Å². The number of rotatable bonds is 3. The molecule has 8 heteroatoms. The molecule has 1 aromatic heterocycles. The van der Waals surface area contributed by atoms with Crippen molar-refractivity contribution in [2.24, 2.45) is 5.84 Å². The van der Waals surface area contributed by atoms with Gasteiger partial charge < -0.3 is 10.5 Å². The summed E-state index contributed by atoms with van der Waals surface area (Å²) < 4.78 is 5.66. The van der Waals surface area contributed by atoms with E-state index in [0.717, 1.165) is 0 Å². The lowest BCUT2D eigenvalue weighted by atomic mass is 10.1. The lowest BCUT2D eigenvalue weighted by Crippen LogP contribution is -2.45. The lowest BCUT2D eigenvalue weighted by molar-refractivity contribution is -0.123. The zero-order valence-electron chi connectivity index (χ0n) is 12.6. The molecular formula is C16H15N5O3.